The lowest BCUT2D eigenvalue weighted by Gasteiger charge is -2.51. The van der Waals surface area contributed by atoms with Gasteiger partial charge in [0.25, 0.3) is 0 Å². The minimum atomic E-state index is -1.05. The van der Waals surface area contributed by atoms with E-state index in [4.69, 9.17) is 4.74 Å². The Balaban J connectivity index is 1.12. The number of aromatic nitrogens is 3. The number of imidazole rings is 1. The Morgan fingerprint density at radius 3 is 2.36 bits per heavy atom. The largest absolute Gasteiger partial charge is 0.448 e. The Morgan fingerprint density at radius 1 is 1.00 bits per heavy atom. The highest BCUT2D eigenvalue weighted by atomic mass is 16.6. The van der Waals surface area contributed by atoms with E-state index in [1.807, 2.05) is 27.6 Å². The van der Waals surface area contributed by atoms with Gasteiger partial charge in [-0.2, -0.15) is 0 Å². The van der Waals surface area contributed by atoms with Gasteiger partial charge in [-0.15, -0.1) is 0 Å². The van der Waals surface area contributed by atoms with Crippen LogP contribution in [0.15, 0.2) is 73.3 Å². The molecule has 2 atom stereocenters. The third kappa shape index (κ3) is 3.26. The quantitative estimate of drug-likeness (QED) is 0.452. The van der Waals surface area contributed by atoms with Gasteiger partial charge in [0.1, 0.15) is 12.2 Å². The number of ether oxygens (including phenoxy) is 1. The number of piperidine rings is 2. The molecular weight excluding hydrogens is 452 g/mol. The lowest BCUT2D eigenvalue weighted by molar-refractivity contribution is -0.0917. The SMILES string of the molecule is O=C(OCC1c2ccccc2-c2ccccc21)N1C2CCCC1CC(O)(c1cnc3cnccn13)C2. The predicted molar refractivity (Wildman–Crippen MR) is 134 cm³/mol. The summed E-state index contributed by atoms with van der Waals surface area (Å²) >= 11 is 0. The van der Waals surface area contributed by atoms with Crippen LogP contribution in [0.25, 0.3) is 16.8 Å². The van der Waals surface area contributed by atoms with Gasteiger partial charge in [0.2, 0.25) is 0 Å². The van der Waals surface area contributed by atoms with Gasteiger partial charge in [-0.05, 0) is 41.5 Å². The molecule has 2 saturated heterocycles. The van der Waals surface area contributed by atoms with E-state index in [-0.39, 0.29) is 24.1 Å². The van der Waals surface area contributed by atoms with Crippen molar-refractivity contribution in [3.63, 3.8) is 0 Å². The summed E-state index contributed by atoms with van der Waals surface area (Å²) in [7, 11) is 0. The predicted octanol–water partition coefficient (Wildman–Crippen LogP) is 4.88. The molecule has 3 aliphatic rings. The van der Waals surface area contributed by atoms with Crippen LogP contribution in [-0.4, -0.2) is 49.2 Å². The molecule has 182 valence electrons. The number of benzene rings is 2. The molecule has 2 bridgehead atoms. The van der Waals surface area contributed by atoms with Gasteiger partial charge in [-0.3, -0.25) is 9.38 Å². The van der Waals surface area contributed by atoms with Crippen LogP contribution in [0.3, 0.4) is 0 Å². The summed E-state index contributed by atoms with van der Waals surface area (Å²) < 4.78 is 7.93. The molecular formula is C29H28N4O3. The van der Waals surface area contributed by atoms with E-state index >= 15 is 0 Å². The summed E-state index contributed by atoms with van der Waals surface area (Å²) in [5.74, 6) is 0.0367. The summed E-state index contributed by atoms with van der Waals surface area (Å²) in [6.07, 6.45) is 10.4. The molecule has 2 aliphatic heterocycles. The van der Waals surface area contributed by atoms with E-state index in [9.17, 15) is 9.90 Å². The van der Waals surface area contributed by atoms with E-state index < -0.39 is 5.60 Å². The number of rotatable bonds is 3. The van der Waals surface area contributed by atoms with Crippen molar-refractivity contribution in [3.05, 3.63) is 90.1 Å². The van der Waals surface area contributed by atoms with Gasteiger partial charge < -0.3 is 14.7 Å². The third-order valence-corrected chi connectivity index (χ3v) is 8.35. The van der Waals surface area contributed by atoms with Crippen molar-refractivity contribution in [1.82, 2.24) is 19.3 Å². The molecule has 1 amide bonds. The first kappa shape index (κ1) is 21.6. The number of hydrogen-bond donors (Lipinski definition) is 1. The highest BCUT2D eigenvalue weighted by molar-refractivity contribution is 5.79. The average Bonchev–Trinajstić information content (AvgIpc) is 3.47. The Bertz CT molecular complexity index is 1400. The van der Waals surface area contributed by atoms with Crippen molar-refractivity contribution in [2.45, 2.75) is 55.7 Å². The van der Waals surface area contributed by atoms with Crippen LogP contribution in [0.2, 0.25) is 0 Å². The normalized spacial score (nSPS) is 25.0. The van der Waals surface area contributed by atoms with Crippen LogP contribution in [-0.2, 0) is 10.3 Å². The molecule has 7 nitrogen and oxygen atoms in total. The van der Waals surface area contributed by atoms with Gasteiger partial charge in [0.05, 0.1) is 18.1 Å². The minimum absolute atomic E-state index is 0.0367. The van der Waals surface area contributed by atoms with Crippen molar-refractivity contribution in [2.24, 2.45) is 0 Å². The lowest BCUT2D eigenvalue weighted by Crippen LogP contribution is -2.59. The second-order valence-corrected chi connectivity index (χ2v) is 10.3. The highest BCUT2D eigenvalue weighted by Gasteiger charge is 2.50. The van der Waals surface area contributed by atoms with Gasteiger partial charge >= 0.3 is 6.09 Å². The number of fused-ring (bicyclic) bond motifs is 6. The number of aliphatic hydroxyl groups is 1. The maximum absolute atomic E-state index is 13.5. The fraction of sp³-hybridized carbons (Fsp3) is 0.345. The van der Waals surface area contributed by atoms with Gasteiger partial charge in [-0.25, -0.2) is 9.78 Å². The van der Waals surface area contributed by atoms with Crippen LogP contribution in [0.5, 0.6) is 0 Å². The monoisotopic (exact) mass is 480 g/mol. The number of hydrogen-bond acceptors (Lipinski definition) is 5. The van der Waals surface area contributed by atoms with Crippen LogP contribution >= 0.6 is 0 Å². The molecule has 7 heteroatoms. The van der Waals surface area contributed by atoms with E-state index in [0.717, 1.165) is 25.0 Å². The van der Waals surface area contributed by atoms with Crippen molar-refractivity contribution in [2.75, 3.05) is 6.61 Å². The highest BCUT2D eigenvalue weighted by Crippen LogP contribution is 2.46. The van der Waals surface area contributed by atoms with Crippen LogP contribution < -0.4 is 0 Å². The van der Waals surface area contributed by atoms with Crippen LogP contribution in [0.4, 0.5) is 4.79 Å². The van der Waals surface area contributed by atoms with E-state index in [1.165, 1.54) is 22.3 Å². The number of carbonyl (C=O) groups is 1. The minimum Gasteiger partial charge on any atom is -0.448 e. The molecule has 2 fully saturated rings. The molecule has 7 rings (SSSR count). The standard InChI is InChI=1S/C29H28N4O3/c34-28(36-18-25-23-10-3-1-8-21(23)22-9-2-4-11-24(22)25)33-19-6-5-7-20(33)15-29(35,14-19)26-16-31-27-17-30-12-13-32(26)27/h1-4,8-13,16-17,19-20,25,35H,5-7,14-15,18H2. The number of nitrogens with zero attached hydrogens (tertiary/aromatic N) is 4. The summed E-state index contributed by atoms with van der Waals surface area (Å²) in [6.45, 7) is 0.313. The topological polar surface area (TPSA) is 80.0 Å². The second-order valence-electron chi connectivity index (χ2n) is 10.3. The van der Waals surface area contributed by atoms with E-state index in [2.05, 4.69) is 46.4 Å². The second kappa shape index (κ2) is 8.17. The summed E-state index contributed by atoms with van der Waals surface area (Å²) in [6, 6.07) is 16.6. The Kier molecular flexibility index (Phi) is 4.89. The molecule has 1 N–H and O–H groups in total. The Morgan fingerprint density at radius 2 is 1.67 bits per heavy atom. The molecule has 2 unspecified atom stereocenters. The maximum atomic E-state index is 13.5. The zero-order chi connectivity index (χ0) is 24.3. The molecule has 0 spiro atoms. The molecule has 1 aliphatic carbocycles. The van der Waals surface area contributed by atoms with Gasteiger partial charge in [-0.1, -0.05) is 48.5 Å². The first-order valence-electron chi connectivity index (χ1n) is 12.8. The van der Waals surface area contributed by atoms with E-state index in [1.54, 1.807) is 18.6 Å². The Hall–Kier alpha value is -3.71. The zero-order valence-corrected chi connectivity index (χ0v) is 20.0. The summed E-state index contributed by atoms with van der Waals surface area (Å²) in [4.78, 5) is 24.0. The van der Waals surface area contributed by atoms with Crippen molar-refractivity contribution in [3.8, 4) is 11.1 Å². The molecule has 36 heavy (non-hydrogen) atoms. The van der Waals surface area contributed by atoms with Gasteiger partial charge in [0, 0.05) is 43.2 Å². The van der Waals surface area contributed by atoms with E-state index in [0.29, 0.717) is 25.1 Å². The van der Waals surface area contributed by atoms with Crippen LogP contribution in [0.1, 0.15) is 54.8 Å². The zero-order valence-electron chi connectivity index (χ0n) is 20.0. The molecule has 2 aromatic carbocycles. The molecule has 2 aromatic heterocycles. The average molecular weight is 481 g/mol. The molecule has 0 radical (unpaired) electrons. The van der Waals surface area contributed by atoms with Gasteiger partial charge in [0.15, 0.2) is 5.65 Å². The fourth-order valence-electron chi connectivity index (χ4n) is 6.79. The first-order valence-corrected chi connectivity index (χ1v) is 12.8. The third-order valence-electron chi connectivity index (χ3n) is 8.35. The number of carbonyl (C=O) groups excluding carboxylic acids is 1. The Labute approximate surface area is 209 Å². The van der Waals surface area contributed by atoms with Crippen molar-refractivity contribution >= 4 is 11.7 Å². The maximum Gasteiger partial charge on any atom is 0.410 e. The van der Waals surface area contributed by atoms with Crippen LogP contribution in [0, 0.1) is 0 Å². The smallest absolute Gasteiger partial charge is 0.410 e. The molecule has 0 saturated carbocycles. The summed E-state index contributed by atoms with van der Waals surface area (Å²) in [5, 5.41) is 11.8. The molecule has 4 aromatic rings. The van der Waals surface area contributed by atoms with Crippen molar-refractivity contribution < 1.29 is 14.6 Å². The number of amides is 1. The lowest BCUT2D eigenvalue weighted by atomic mass is 9.74. The fourth-order valence-corrected chi connectivity index (χ4v) is 6.79. The van der Waals surface area contributed by atoms with Crippen molar-refractivity contribution in [1.29, 1.82) is 0 Å². The first-order chi connectivity index (χ1) is 17.6. The molecule has 4 heterocycles. The summed E-state index contributed by atoms with van der Waals surface area (Å²) in [5.41, 5.74) is 5.30.